The van der Waals surface area contributed by atoms with Crippen molar-refractivity contribution < 1.29 is 0 Å². The molecule has 1 fully saturated rings. The third-order valence-electron chi connectivity index (χ3n) is 6.12. The van der Waals surface area contributed by atoms with Gasteiger partial charge in [0.25, 0.3) is 0 Å². The van der Waals surface area contributed by atoms with E-state index < -0.39 is 0 Å². The van der Waals surface area contributed by atoms with Crippen molar-refractivity contribution in [1.29, 1.82) is 0 Å². The van der Waals surface area contributed by atoms with E-state index >= 15 is 0 Å². The van der Waals surface area contributed by atoms with Gasteiger partial charge in [0.1, 0.15) is 11.6 Å². The fraction of sp³-hybridized carbons (Fsp3) is 0.571. The van der Waals surface area contributed by atoms with Crippen LogP contribution in [0, 0.1) is 6.92 Å². The SMILES string of the molecule is CN=C(NCC1(c2cccc(Br)c2)CCCC1)NC1CCc2nc(C)nn2C1.I. The summed E-state index contributed by atoms with van der Waals surface area (Å²) in [5.41, 5.74) is 1.60. The van der Waals surface area contributed by atoms with Crippen LogP contribution in [0.15, 0.2) is 33.7 Å². The number of benzene rings is 1. The minimum Gasteiger partial charge on any atom is -0.356 e. The Morgan fingerprint density at radius 3 is 2.86 bits per heavy atom. The summed E-state index contributed by atoms with van der Waals surface area (Å²) in [5.74, 6) is 2.83. The lowest BCUT2D eigenvalue weighted by molar-refractivity contribution is 0.386. The smallest absolute Gasteiger partial charge is 0.191 e. The van der Waals surface area contributed by atoms with E-state index in [1.165, 1.54) is 31.2 Å². The monoisotopic (exact) mass is 572 g/mol. The summed E-state index contributed by atoms with van der Waals surface area (Å²) in [6.07, 6.45) is 7.03. The normalized spacial score (nSPS) is 20.7. The zero-order valence-corrected chi connectivity index (χ0v) is 21.0. The zero-order chi connectivity index (χ0) is 19.6. The molecule has 6 nitrogen and oxygen atoms in total. The molecule has 0 radical (unpaired) electrons. The molecule has 8 heteroatoms. The van der Waals surface area contributed by atoms with Crippen LogP contribution < -0.4 is 10.6 Å². The molecule has 1 saturated carbocycles. The van der Waals surface area contributed by atoms with E-state index in [1.54, 1.807) is 0 Å². The van der Waals surface area contributed by atoms with Gasteiger partial charge in [-0.2, -0.15) is 5.10 Å². The molecular formula is C21H30BrIN6. The molecule has 4 rings (SSSR count). The number of halogens is 2. The van der Waals surface area contributed by atoms with Gasteiger partial charge in [0.2, 0.25) is 0 Å². The third kappa shape index (κ3) is 5.13. The summed E-state index contributed by atoms with van der Waals surface area (Å²) in [7, 11) is 1.85. The summed E-state index contributed by atoms with van der Waals surface area (Å²) in [6.45, 7) is 3.70. The van der Waals surface area contributed by atoms with E-state index in [2.05, 4.69) is 65.9 Å². The molecule has 158 valence electrons. The average molecular weight is 573 g/mol. The highest BCUT2D eigenvalue weighted by Crippen LogP contribution is 2.41. The standard InChI is InChI=1S/C21H29BrN6.HI/c1-15-25-19-9-8-18(13-28(19)27-15)26-20(23-2)24-14-21(10-3-4-11-21)16-6-5-7-17(22)12-16;/h5-7,12,18H,3-4,8-11,13-14H2,1-2H3,(H2,23,24,26);1H. The van der Waals surface area contributed by atoms with Crippen molar-refractivity contribution >= 4 is 45.9 Å². The van der Waals surface area contributed by atoms with Gasteiger partial charge in [0, 0.05) is 35.9 Å². The Bertz CT molecular complexity index is 859. The first kappa shape index (κ1) is 22.5. The van der Waals surface area contributed by atoms with Gasteiger partial charge >= 0.3 is 0 Å². The Hall–Kier alpha value is -1.16. The van der Waals surface area contributed by atoms with Crippen LogP contribution in [0.25, 0.3) is 0 Å². The fourth-order valence-electron chi connectivity index (χ4n) is 4.63. The van der Waals surface area contributed by atoms with E-state index in [0.717, 1.165) is 48.0 Å². The Balaban J connectivity index is 0.00000240. The van der Waals surface area contributed by atoms with Crippen molar-refractivity contribution in [3.05, 3.63) is 46.0 Å². The summed E-state index contributed by atoms with van der Waals surface area (Å²) in [6, 6.07) is 9.11. The van der Waals surface area contributed by atoms with E-state index in [9.17, 15) is 0 Å². The summed E-state index contributed by atoms with van der Waals surface area (Å²) in [4.78, 5) is 8.98. The minimum atomic E-state index is 0. The van der Waals surface area contributed by atoms with Crippen molar-refractivity contribution in [2.24, 2.45) is 4.99 Å². The average Bonchev–Trinajstić information content (AvgIpc) is 3.31. The highest BCUT2D eigenvalue weighted by atomic mass is 127. The predicted octanol–water partition coefficient (Wildman–Crippen LogP) is 3.96. The number of fused-ring (bicyclic) bond motifs is 1. The maximum atomic E-state index is 4.50. The summed E-state index contributed by atoms with van der Waals surface area (Å²) >= 11 is 3.64. The number of hydrogen-bond acceptors (Lipinski definition) is 3. The molecule has 29 heavy (non-hydrogen) atoms. The van der Waals surface area contributed by atoms with Crippen LogP contribution in [0.4, 0.5) is 0 Å². The molecule has 1 aromatic carbocycles. The largest absolute Gasteiger partial charge is 0.356 e. The maximum Gasteiger partial charge on any atom is 0.191 e. The predicted molar refractivity (Wildman–Crippen MR) is 131 cm³/mol. The first-order valence-corrected chi connectivity index (χ1v) is 11.0. The first-order valence-electron chi connectivity index (χ1n) is 10.2. The van der Waals surface area contributed by atoms with Crippen molar-refractivity contribution in [3.8, 4) is 0 Å². The molecule has 2 heterocycles. The fourth-order valence-corrected chi connectivity index (χ4v) is 5.03. The van der Waals surface area contributed by atoms with Gasteiger partial charge in [-0.1, -0.05) is 40.9 Å². The number of guanidine groups is 1. The van der Waals surface area contributed by atoms with Crippen LogP contribution in [0.3, 0.4) is 0 Å². The second kappa shape index (κ2) is 9.76. The maximum absolute atomic E-state index is 4.50. The Morgan fingerprint density at radius 1 is 1.34 bits per heavy atom. The molecule has 0 amide bonds. The number of rotatable bonds is 4. The lowest BCUT2D eigenvalue weighted by Crippen LogP contribution is -2.50. The second-order valence-electron chi connectivity index (χ2n) is 8.06. The Kier molecular flexibility index (Phi) is 7.58. The van der Waals surface area contributed by atoms with Crippen LogP contribution in [-0.4, -0.2) is 40.4 Å². The molecule has 2 aliphatic rings. The van der Waals surface area contributed by atoms with E-state index in [4.69, 9.17) is 0 Å². The molecule has 1 aromatic heterocycles. The van der Waals surface area contributed by atoms with Crippen LogP contribution in [0.1, 0.15) is 49.3 Å². The van der Waals surface area contributed by atoms with Crippen LogP contribution in [0.2, 0.25) is 0 Å². The summed E-state index contributed by atoms with van der Waals surface area (Å²) in [5, 5.41) is 11.7. The van der Waals surface area contributed by atoms with Crippen molar-refractivity contribution in [1.82, 2.24) is 25.4 Å². The van der Waals surface area contributed by atoms with Crippen molar-refractivity contribution in [2.75, 3.05) is 13.6 Å². The molecule has 0 saturated heterocycles. The molecule has 1 atom stereocenters. The number of aryl methyl sites for hydroxylation is 2. The van der Waals surface area contributed by atoms with Gasteiger partial charge in [0.05, 0.1) is 6.54 Å². The number of nitrogens with zero attached hydrogens (tertiary/aromatic N) is 4. The molecule has 2 aromatic rings. The molecular weight excluding hydrogens is 543 g/mol. The number of hydrogen-bond donors (Lipinski definition) is 2. The van der Waals surface area contributed by atoms with E-state index in [0.29, 0.717) is 6.04 Å². The van der Waals surface area contributed by atoms with Gasteiger partial charge in [-0.25, -0.2) is 9.67 Å². The Labute approximate surface area is 198 Å². The van der Waals surface area contributed by atoms with Gasteiger partial charge in [0.15, 0.2) is 5.96 Å². The molecule has 1 aliphatic carbocycles. The number of aromatic nitrogens is 3. The van der Waals surface area contributed by atoms with Gasteiger partial charge < -0.3 is 10.6 Å². The second-order valence-corrected chi connectivity index (χ2v) is 8.98. The van der Waals surface area contributed by atoms with E-state index in [-0.39, 0.29) is 29.4 Å². The highest BCUT2D eigenvalue weighted by Gasteiger charge is 2.36. The van der Waals surface area contributed by atoms with Crippen LogP contribution >= 0.6 is 39.9 Å². The van der Waals surface area contributed by atoms with Crippen LogP contribution in [-0.2, 0) is 18.4 Å². The lowest BCUT2D eigenvalue weighted by atomic mass is 9.79. The minimum absolute atomic E-state index is 0. The number of aliphatic imine (C=N–C) groups is 1. The van der Waals surface area contributed by atoms with Gasteiger partial charge in [-0.05, 0) is 43.9 Å². The molecule has 1 unspecified atom stereocenters. The summed E-state index contributed by atoms with van der Waals surface area (Å²) < 4.78 is 3.18. The molecule has 2 N–H and O–H groups in total. The van der Waals surface area contributed by atoms with Crippen LogP contribution in [0.5, 0.6) is 0 Å². The molecule has 0 bridgehead atoms. The van der Waals surface area contributed by atoms with E-state index in [1.807, 2.05) is 18.7 Å². The lowest BCUT2D eigenvalue weighted by Gasteiger charge is -2.32. The number of nitrogens with one attached hydrogen (secondary N) is 2. The molecule has 0 spiro atoms. The van der Waals surface area contributed by atoms with Crippen molar-refractivity contribution in [2.45, 2.75) is 63.5 Å². The topological polar surface area (TPSA) is 67.1 Å². The zero-order valence-electron chi connectivity index (χ0n) is 17.1. The quantitative estimate of drug-likeness (QED) is 0.331. The first-order chi connectivity index (χ1) is 13.6. The third-order valence-corrected chi connectivity index (χ3v) is 6.61. The van der Waals surface area contributed by atoms with Crippen molar-refractivity contribution in [3.63, 3.8) is 0 Å². The molecule has 1 aliphatic heterocycles. The Morgan fingerprint density at radius 2 is 2.14 bits per heavy atom. The highest BCUT2D eigenvalue weighted by molar-refractivity contribution is 14.0. The van der Waals surface area contributed by atoms with Gasteiger partial charge in [-0.3, -0.25) is 4.99 Å². The van der Waals surface area contributed by atoms with Gasteiger partial charge in [-0.15, -0.1) is 24.0 Å².